The highest BCUT2D eigenvalue weighted by Crippen LogP contribution is 2.49. The second kappa shape index (κ2) is 11.9. The van der Waals surface area contributed by atoms with Crippen molar-refractivity contribution < 1.29 is 19.0 Å². The van der Waals surface area contributed by atoms with Crippen molar-refractivity contribution >= 4 is 29.3 Å². The number of carbonyl (C=O) groups is 1. The number of unbranched alkanes of at least 4 members (excludes halogenated alkanes) is 1. The Kier molecular flexibility index (Phi) is 9.84. The van der Waals surface area contributed by atoms with Crippen molar-refractivity contribution in [2.45, 2.75) is 76.6 Å². The normalized spacial score (nSPS) is 26.7. The van der Waals surface area contributed by atoms with Crippen molar-refractivity contribution in [3.63, 3.8) is 0 Å². The third-order valence-electron chi connectivity index (χ3n) is 6.66. The second-order valence-corrected chi connectivity index (χ2v) is 13.2. The fourth-order valence-corrected chi connectivity index (χ4v) is 7.81. The lowest BCUT2D eigenvalue weighted by Gasteiger charge is -2.31. The van der Waals surface area contributed by atoms with Crippen LogP contribution in [-0.2, 0) is 19.0 Å². The van der Waals surface area contributed by atoms with Crippen LogP contribution < -0.4 is 0 Å². The average Bonchev–Trinajstić information content (AvgIpc) is 3.46. The van der Waals surface area contributed by atoms with Crippen LogP contribution in [0.25, 0.3) is 0 Å². The van der Waals surface area contributed by atoms with Gasteiger partial charge >= 0.3 is 0 Å². The van der Waals surface area contributed by atoms with Crippen LogP contribution in [0.3, 0.4) is 0 Å². The predicted octanol–water partition coefficient (Wildman–Crippen LogP) is 5.95. The maximum Gasteiger partial charge on any atom is 0.171 e. The van der Waals surface area contributed by atoms with Crippen molar-refractivity contribution in [3.8, 4) is 0 Å². The Labute approximate surface area is 198 Å². The first-order valence-electron chi connectivity index (χ1n) is 12.1. The number of allylic oxidation sites excluding steroid dienone is 2. The summed E-state index contributed by atoms with van der Waals surface area (Å²) in [5.74, 6) is 3.54. The van der Waals surface area contributed by atoms with Crippen molar-refractivity contribution in [2.75, 3.05) is 37.9 Å². The molecule has 1 spiro atoms. The zero-order chi connectivity index (χ0) is 22.3. The van der Waals surface area contributed by atoms with Crippen LogP contribution in [0.4, 0.5) is 0 Å². The maximum absolute atomic E-state index is 12.9. The van der Waals surface area contributed by atoms with Gasteiger partial charge in [0, 0.05) is 30.5 Å². The smallest absolute Gasteiger partial charge is 0.171 e. The summed E-state index contributed by atoms with van der Waals surface area (Å²) in [6.45, 7) is 10.8. The summed E-state index contributed by atoms with van der Waals surface area (Å²) in [4.78, 5) is 12.9. The summed E-state index contributed by atoms with van der Waals surface area (Å²) in [7, 11) is 0. The van der Waals surface area contributed by atoms with E-state index in [0.29, 0.717) is 44.2 Å². The Morgan fingerprint density at radius 2 is 1.84 bits per heavy atom. The molecule has 0 N–H and O–H groups in total. The minimum absolute atomic E-state index is 0.152. The van der Waals surface area contributed by atoms with Crippen LogP contribution in [0.5, 0.6) is 0 Å². The molecule has 3 rings (SSSR count). The first kappa shape index (κ1) is 25.6. The summed E-state index contributed by atoms with van der Waals surface area (Å²) >= 11 is 4.24. The van der Waals surface area contributed by atoms with E-state index in [1.165, 1.54) is 30.8 Å². The molecule has 4 nitrogen and oxygen atoms in total. The van der Waals surface area contributed by atoms with Crippen molar-refractivity contribution in [2.24, 2.45) is 23.2 Å². The zero-order valence-electron chi connectivity index (χ0n) is 19.9. The van der Waals surface area contributed by atoms with Crippen LogP contribution >= 0.6 is 23.5 Å². The van der Waals surface area contributed by atoms with E-state index in [1.807, 2.05) is 19.9 Å². The number of hydrogen-bond acceptors (Lipinski definition) is 6. The van der Waals surface area contributed by atoms with Gasteiger partial charge in [0.05, 0.1) is 29.8 Å². The first-order valence-corrected chi connectivity index (χ1v) is 14.2. The molecule has 3 aliphatic rings. The molecule has 31 heavy (non-hydrogen) atoms. The van der Waals surface area contributed by atoms with Gasteiger partial charge in [-0.2, -0.15) is 0 Å². The predicted molar refractivity (Wildman–Crippen MR) is 132 cm³/mol. The molecule has 2 saturated heterocycles. The Morgan fingerprint density at radius 1 is 1.16 bits per heavy atom. The van der Waals surface area contributed by atoms with E-state index in [1.54, 1.807) is 0 Å². The van der Waals surface area contributed by atoms with Crippen LogP contribution in [0.1, 0.15) is 66.2 Å². The summed E-state index contributed by atoms with van der Waals surface area (Å²) in [5, 5.41) is 0. The highest BCUT2D eigenvalue weighted by molar-refractivity contribution is 8.20. The molecule has 1 saturated carbocycles. The molecule has 1 aliphatic carbocycles. The summed E-state index contributed by atoms with van der Waals surface area (Å²) in [5.41, 5.74) is -0.492. The maximum atomic E-state index is 12.9. The van der Waals surface area contributed by atoms with Gasteiger partial charge in [-0.15, -0.1) is 23.5 Å². The number of carbonyl (C=O) groups excluding carboxylic acids is 1. The Bertz CT molecular complexity index is 592. The van der Waals surface area contributed by atoms with Gasteiger partial charge in [-0.25, -0.2) is 0 Å². The second-order valence-electron chi connectivity index (χ2n) is 10.3. The molecule has 0 aromatic rings. The van der Waals surface area contributed by atoms with Crippen LogP contribution in [0, 0.1) is 23.2 Å². The van der Waals surface area contributed by atoms with Crippen LogP contribution in [-0.4, -0.2) is 54.1 Å². The average molecular weight is 471 g/mol. The number of rotatable bonds is 12. The van der Waals surface area contributed by atoms with E-state index >= 15 is 0 Å². The van der Waals surface area contributed by atoms with E-state index in [-0.39, 0.29) is 5.78 Å². The minimum atomic E-state index is -0.492. The molecule has 0 amide bonds. The van der Waals surface area contributed by atoms with E-state index in [9.17, 15) is 4.79 Å². The largest absolute Gasteiger partial charge is 0.380 e. The molecule has 0 radical (unpaired) electrons. The molecule has 2 heterocycles. The highest BCUT2D eigenvalue weighted by Gasteiger charge is 2.51. The molecule has 6 heteroatoms. The summed E-state index contributed by atoms with van der Waals surface area (Å²) in [6, 6.07) is 0. The molecular weight excluding hydrogens is 428 g/mol. The topological polar surface area (TPSA) is 44.8 Å². The monoisotopic (exact) mass is 470 g/mol. The minimum Gasteiger partial charge on any atom is -0.380 e. The number of ketones is 1. The zero-order valence-corrected chi connectivity index (χ0v) is 21.5. The first-order chi connectivity index (χ1) is 14.8. The number of ether oxygens (including phenoxy) is 3. The summed E-state index contributed by atoms with van der Waals surface area (Å²) in [6.07, 6.45) is 10.8. The molecule has 0 aromatic carbocycles. The molecule has 178 valence electrons. The van der Waals surface area contributed by atoms with E-state index in [2.05, 4.69) is 43.4 Å². The van der Waals surface area contributed by atoms with Gasteiger partial charge < -0.3 is 14.2 Å². The van der Waals surface area contributed by atoms with Gasteiger partial charge in [0.15, 0.2) is 11.6 Å². The quantitative estimate of drug-likeness (QED) is 0.259. The van der Waals surface area contributed by atoms with E-state index in [4.69, 9.17) is 14.2 Å². The van der Waals surface area contributed by atoms with Gasteiger partial charge in [-0.05, 0) is 37.2 Å². The molecule has 2 aliphatic heterocycles. The van der Waals surface area contributed by atoms with Gasteiger partial charge in [-0.3, -0.25) is 4.79 Å². The Hall–Kier alpha value is -0.0100. The van der Waals surface area contributed by atoms with Gasteiger partial charge in [0.25, 0.3) is 0 Å². The third kappa shape index (κ3) is 7.23. The fraction of sp³-hybridized carbons (Fsp3) is 0.880. The summed E-state index contributed by atoms with van der Waals surface area (Å²) < 4.78 is 18.9. The molecule has 0 aromatic heterocycles. The molecule has 0 unspecified atom stereocenters. The Balaban J connectivity index is 1.54. The Morgan fingerprint density at radius 3 is 2.52 bits per heavy atom. The van der Waals surface area contributed by atoms with Crippen molar-refractivity contribution in [1.29, 1.82) is 0 Å². The third-order valence-corrected chi connectivity index (χ3v) is 9.83. The van der Waals surface area contributed by atoms with Crippen molar-refractivity contribution in [3.05, 3.63) is 12.2 Å². The molecular formula is C25H42O4S2. The lowest BCUT2D eigenvalue weighted by molar-refractivity contribution is -0.186. The molecule has 2 atom stereocenters. The van der Waals surface area contributed by atoms with Gasteiger partial charge in [-0.1, -0.05) is 46.6 Å². The van der Waals surface area contributed by atoms with E-state index < -0.39 is 11.2 Å². The van der Waals surface area contributed by atoms with Gasteiger partial charge in [0.1, 0.15) is 0 Å². The number of hydrogen-bond donors (Lipinski definition) is 0. The van der Waals surface area contributed by atoms with Crippen LogP contribution in [0.15, 0.2) is 12.2 Å². The number of thioether (sulfide) groups is 2. The fourth-order valence-electron chi connectivity index (χ4n) is 4.88. The molecule has 0 bridgehead atoms. The van der Waals surface area contributed by atoms with Crippen molar-refractivity contribution in [1.82, 2.24) is 0 Å². The van der Waals surface area contributed by atoms with E-state index in [0.717, 1.165) is 23.8 Å². The van der Waals surface area contributed by atoms with Gasteiger partial charge in [0.2, 0.25) is 0 Å². The van der Waals surface area contributed by atoms with Crippen LogP contribution in [0.2, 0.25) is 0 Å². The SMILES string of the molecule is CC(C)COCC(C)(C)C(=O)C=C[C@H]1CCC2(OCCO2)[C@@H]1CCCCC1SCCS1. The lowest BCUT2D eigenvalue weighted by Crippen LogP contribution is -2.36. The standard InChI is InChI=1S/C25H42O4S2/c1-19(2)17-27-18-24(3,4)22(26)10-9-20-11-12-25(28-13-14-29-25)21(20)7-5-6-8-23-30-15-16-31-23/h9-10,19-21,23H,5-8,11-18H2,1-4H3/t20-,21+/m0/s1. The lowest BCUT2D eigenvalue weighted by atomic mass is 9.85. The highest BCUT2D eigenvalue weighted by atomic mass is 32.2. The molecule has 3 fully saturated rings.